The number of aromatic nitrogens is 2. The van der Waals surface area contributed by atoms with Crippen LogP contribution in [0.2, 0.25) is 0 Å². The normalized spacial score (nSPS) is 14.3. The van der Waals surface area contributed by atoms with Gasteiger partial charge in [0.25, 0.3) is 5.91 Å². The molecule has 0 unspecified atom stereocenters. The number of amides is 1. The number of carbonyl (C=O) groups is 1. The van der Waals surface area contributed by atoms with Gasteiger partial charge in [-0.25, -0.2) is 9.97 Å². The Balaban J connectivity index is 1.61. The summed E-state index contributed by atoms with van der Waals surface area (Å²) in [5.74, 6) is 0.514. The molecule has 0 bridgehead atoms. The minimum atomic E-state index is -0.0171. The minimum absolute atomic E-state index is 0.0171. The van der Waals surface area contributed by atoms with E-state index in [-0.39, 0.29) is 5.91 Å². The number of rotatable bonds is 6. The Kier molecular flexibility index (Phi) is 6.27. The highest BCUT2D eigenvalue weighted by molar-refractivity contribution is 5.92. The van der Waals surface area contributed by atoms with E-state index >= 15 is 0 Å². The molecular formula is C21H29N5O. The molecule has 0 aliphatic carbocycles. The van der Waals surface area contributed by atoms with Crippen molar-refractivity contribution in [1.82, 2.24) is 14.9 Å². The molecule has 6 nitrogen and oxygen atoms in total. The number of hydrogen-bond donors (Lipinski definition) is 1. The number of piperazine rings is 1. The lowest BCUT2D eigenvalue weighted by Crippen LogP contribution is -2.49. The van der Waals surface area contributed by atoms with E-state index in [2.05, 4.69) is 59.2 Å². The van der Waals surface area contributed by atoms with Crippen molar-refractivity contribution in [2.24, 2.45) is 0 Å². The monoisotopic (exact) mass is 367 g/mol. The Morgan fingerprint density at radius 3 is 2.67 bits per heavy atom. The van der Waals surface area contributed by atoms with Gasteiger partial charge in [-0.15, -0.1) is 0 Å². The summed E-state index contributed by atoms with van der Waals surface area (Å²) in [4.78, 5) is 25.7. The molecule has 144 valence electrons. The number of carbonyl (C=O) groups excluding carboxylic acids is 1. The Bertz CT molecular complexity index is 784. The van der Waals surface area contributed by atoms with Crippen LogP contribution in [0.1, 0.15) is 41.4 Å². The maximum Gasteiger partial charge on any atom is 0.272 e. The standard InChI is InChI=1S/C21H29N5O/c1-4-5-10-22-21-23-11-9-18(24-21)20(27)26-14-12-25(13-15-26)19-8-6-7-16(2)17(19)3/h6-9,11H,4-5,10,12-15H2,1-3H3,(H,22,23,24). The lowest BCUT2D eigenvalue weighted by Gasteiger charge is -2.37. The number of nitrogens with zero attached hydrogens (tertiary/aromatic N) is 4. The Morgan fingerprint density at radius 1 is 1.15 bits per heavy atom. The predicted octanol–water partition coefficient (Wildman–Crippen LogP) is 3.27. The number of unbranched alkanes of at least 4 members (excludes halogenated alkanes) is 1. The van der Waals surface area contributed by atoms with E-state index in [1.807, 2.05) is 4.90 Å². The molecule has 3 rings (SSSR count). The van der Waals surface area contributed by atoms with Crippen LogP contribution in [0.3, 0.4) is 0 Å². The second-order valence-electron chi connectivity index (χ2n) is 7.04. The van der Waals surface area contributed by atoms with Crippen molar-refractivity contribution in [3.63, 3.8) is 0 Å². The molecule has 0 radical (unpaired) electrons. The summed E-state index contributed by atoms with van der Waals surface area (Å²) < 4.78 is 0. The van der Waals surface area contributed by atoms with Crippen molar-refractivity contribution in [3.8, 4) is 0 Å². The van der Waals surface area contributed by atoms with Gasteiger partial charge in [0.05, 0.1) is 0 Å². The molecule has 1 N–H and O–H groups in total. The van der Waals surface area contributed by atoms with Gasteiger partial charge < -0.3 is 15.1 Å². The van der Waals surface area contributed by atoms with Gasteiger partial charge in [-0.3, -0.25) is 4.79 Å². The Morgan fingerprint density at radius 2 is 1.93 bits per heavy atom. The first-order valence-corrected chi connectivity index (χ1v) is 9.77. The molecule has 1 amide bonds. The lowest BCUT2D eigenvalue weighted by molar-refractivity contribution is 0.0741. The van der Waals surface area contributed by atoms with Crippen molar-refractivity contribution in [3.05, 3.63) is 47.3 Å². The van der Waals surface area contributed by atoms with Crippen LogP contribution in [0.4, 0.5) is 11.6 Å². The zero-order valence-corrected chi connectivity index (χ0v) is 16.5. The first kappa shape index (κ1) is 19.1. The van der Waals surface area contributed by atoms with Gasteiger partial charge in [-0.05, 0) is 43.5 Å². The topological polar surface area (TPSA) is 61.4 Å². The summed E-state index contributed by atoms with van der Waals surface area (Å²) in [7, 11) is 0. The minimum Gasteiger partial charge on any atom is -0.368 e. The van der Waals surface area contributed by atoms with Gasteiger partial charge in [0.1, 0.15) is 5.69 Å². The lowest BCUT2D eigenvalue weighted by atomic mass is 10.1. The van der Waals surface area contributed by atoms with Crippen LogP contribution in [0.25, 0.3) is 0 Å². The molecule has 2 aromatic rings. The van der Waals surface area contributed by atoms with Crippen molar-refractivity contribution in [1.29, 1.82) is 0 Å². The van der Waals surface area contributed by atoms with Gasteiger partial charge in [0.15, 0.2) is 0 Å². The zero-order valence-electron chi connectivity index (χ0n) is 16.5. The Hall–Kier alpha value is -2.63. The molecule has 1 fully saturated rings. The van der Waals surface area contributed by atoms with Crippen molar-refractivity contribution >= 4 is 17.5 Å². The Labute approximate surface area is 161 Å². The molecule has 6 heteroatoms. The number of anilines is 2. The fraction of sp³-hybridized carbons (Fsp3) is 0.476. The summed E-state index contributed by atoms with van der Waals surface area (Å²) in [5, 5.41) is 3.18. The van der Waals surface area contributed by atoms with E-state index in [0.29, 0.717) is 24.7 Å². The maximum absolute atomic E-state index is 12.8. The van der Waals surface area contributed by atoms with Crippen LogP contribution < -0.4 is 10.2 Å². The van der Waals surface area contributed by atoms with Gasteiger partial charge >= 0.3 is 0 Å². The highest BCUT2D eigenvalue weighted by atomic mass is 16.2. The average Bonchev–Trinajstić information content (AvgIpc) is 2.70. The first-order valence-electron chi connectivity index (χ1n) is 9.77. The van der Waals surface area contributed by atoms with Crippen LogP contribution in [-0.2, 0) is 0 Å². The molecule has 2 heterocycles. The fourth-order valence-corrected chi connectivity index (χ4v) is 3.33. The predicted molar refractivity (Wildman–Crippen MR) is 109 cm³/mol. The van der Waals surface area contributed by atoms with E-state index in [0.717, 1.165) is 32.5 Å². The fourth-order valence-electron chi connectivity index (χ4n) is 3.33. The molecule has 0 spiro atoms. The molecule has 1 aliphatic rings. The summed E-state index contributed by atoms with van der Waals surface area (Å²) in [5.41, 5.74) is 4.35. The summed E-state index contributed by atoms with van der Waals surface area (Å²) >= 11 is 0. The van der Waals surface area contributed by atoms with Gasteiger partial charge in [-0.2, -0.15) is 0 Å². The van der Waals surface area contributed by atoms with Crippen LogP contribution in [0.15, 0.2) is 30.5 Å². The van der Waals surface area contributed by atoms with Crippen LogP contribution in [-0.4, -0.2) is 53.5 Å². The van der Waals surface area contributed by atoms with Crippen molar-refractivity contribution < 1.29 is 4.79 Å². The molecule has 1 aliphatic heterocycles. The van der Waals surface area contributed by atoms with Gasteiger partial charge in [0.2, 0.25) is 5.95 Å². The number of nitrogens with one attached hydrogen (secondary N) is 1. The molecule has 1 saturated heterocycles. The van der Waals surface area contributed by atoms with E-state index in [1.54, 1.807) is 12.3 Å². The molecule has 0 atom stereocenters. The maximum atomic E-state index is 12.8. The third-order valence-electron chi connectivity index (χ3n) is 5.17. The SMILES string of the molecule is CCCCNc1nccc(C(=O)N2CCN(c3cccc(C)c3C)CC2)n1. The molecule has 27 heavy (non-hydrogen) atoms. The van der Waals surface area contributed by atoms with Crippen LogP contribution in [0.5, 0.6) is 0 Å². The van der Waals surface area contributed by atoms with Crippen molar-refractivity contribution in [2.75, 3.05) is 42.9 Å². The zero-order chi connectivity index (χ0) is 19.2. The highest BCUT2D eigenvalue weighted by Crippen LogP contribution is 2.24. The molecule has 1 aromatic heterocycles. The highest BCUT2D eigenvalue weighted by Gasteiger charge is 2.24. The van der Waals surface area contributed by atoms with Crippen molar-refractivity contribution in [2.45, 2.75) is 33.6 Å². The van der Waals surface area contributed by atoms with E-state index in [9.17, 15) is 4.79 Å². The van der Waals surface area contributed by atoms with Crippen LogP contribution in [0, 0.1) is 13.8 Å². The molecule has 1 aromatic carbocycles. The summed E-state index contributed by atoms with van der Waals surface area (Å²) in [6.07, 6.45) is 3.82. The second kappa shape index (κ2) is 8.84. The number of hydrogen-bond acceptors (Lipinski definition) is 5. The largest absolute Gasteiger partial charge is 0.368 e. The van der Waals surface area contributed by atoms with E-state index < -0.39 is 0 Å². The quantitative estimate of drug-likeness (QED) is 0.794. The van der Waals surface area contributed by atoms with Gasteiger partial charge in [0, 0.05) is 44.6 Å². The van der Waals surface area contributed by atoms with E-state index in [1.165, 1.54) is 16.8 Å². The smallest absolute Gasteiger partial charge is 0.272 e. The summed E-state index contributed by atoms with van der Waals surface area (Å²) in [6, 6.07) is 8.10. The second-order valence-corrected chi connectivity index (χ2v) is 7.04. The number of benzene rings is 1. The third kappa shape index (κ3) is 4.56. The average molecular weight is 367 g/mol. The van der Waals surface area contributed by atoms with Gasteiger partial charge in [-0.1, -0.05) is 25.5 Å². The number of aryl methyl sites for hydroxylation is 1. The molecule has 0 saturated carbocycles. The van der Waals surface area contributed by atoms with Crippen LogP contribution >= 0.6 is 0 Å². The molecular weight excluding hydrogens is 338 g/mol. The summed E-state index contributed by atoms with van der Waals surface area (Å²) in [6.45, 7) is 10.3. The third-order valence-corrected chi connectivity index (χ3v) is 5.17. The first-order chi connectivity index (χ1) is 13.1. The van der Waals surface area contributed by atoms with E-state index in [4.69, 9.17) is 0 Å².